The van der Waals surface area contributed by atoms with Crippen molar-refractivity contribution in [2.75, 3.05) is 55.7 Å². The van der Waals surface area contributed by atoms with E-state index in [1.54, 1.807) is 4.90 Å². The third-order valence-corrected chi connectivity index (χ3v) is 11.5. The molecule has 3 aliphatic heterocycles. The maximum Gasteiger partial charge on any atom is 0.410 e. The Hall–Kier alpha value is -5.93. The molecule has 0 N–H and O–H groups in total. The Morgan fingerprint density at radius 3 is 1.91 bits per heavy atom. The quantitative estimate of drug-likeness (QED) is 0.152. The lowest BCUT2D eigenvalue weighted by Gasteiger charge is -2.37. The number of morpholine rings is 1. The molecule has 5 aromatic carbocycles. The number of rotatable bonds is 8. The average molecular weight is 718 g/mol. The summed E-state index contributed by atoms with van der Waals surface area (Å²) in [4.78, 5) is 33.4. The highest BCUT2D eigenvalue weighted by atomic mass is 16.6. The van der Waals surface area contributed by atoms with Gasteiger partial charge in [-0.05, 0) is 53.3 Å². The molecule has 0 bridgehead atoms. The average Bonchev–Trinajstić information content (AvgIpc) is 3.95. The summed E-state index contributed by atoms with van der Waals surface area (Å²) in [6, 6.07) is 47.8. The standard InChI is InChI=1S/C45H43N5O4/c51-42-44(23-25-48(33-44)43(52)54-32-34-13-5-1-6-14-34)24-26-49(42)38-21-22-40-39(31-38)41(47-27-29-53-30-28-47)46-50(40)45(35-15-7-2-8-16-35,36-17-9-3-10-18-36)37-19-11-4-12-20-37/h1-22,31H,23-30,32-33H2/t44-/m0/s1. The van der Waals surface area contributed by atoms with Gasteiger partial charge in [0.1, 0.15) is 12.1 Å². The number of benzene rings is 5. The van der Waals surface area contributed by atoms with E-state index in [0.29, 0.717) is 58.8 Å². The largest absolute Gasteiger partial charge is 0.445 e. The summed E-state index contributed by atoms with van der Waals surface area (Å²) in [5.74, 6) is 0.935. The summed E-state index contributed by atoms with van der Waals surface area (Å²) in [7, 11) is 0. The van der Waals surface area contributed by atoms with E-state index in [2.05, 4.69) is 101 Å². The van der Waals surface area contributed by atoms with Crippen LogP contribution in [0.15, 0.2) is 140 Å². The van der Waals surface area contributed by atoms with Gasteiger partial charge in [-0.15, -0.1) is 0 Å². The Kier molecular flexibility index (Phi) is 8.87. The topological polar surface area (TPSA) is 80.1 Å². The predicted octanol–water partition coefficient (Wildman–Crippen LogP) is 7.48. The molecule has 0 aliphatic carbocycles. The van der Waals surface area contributed by atoms with E-state index in [0.717, 1.165) is 44.7 Å². The number of carbonyl (C=O) groups excluding carboxylic acids is 2. The molecule has 9 nitrogen and oxygen atoms in total. The molecule has 1 spiro atoms. The van der Waals surface area contributed by atoms with Crippen LogP contribution in [0.5, 0.6) is 0 Å². The molecule has 9 heteroatoms. The van der Waals surface area contributed by atoms with Crippen molar-refractivity contribution in [3.05, 3.63) is 162 Å². The van der Waals surface area contributed by atoms with E-state index in [4.69, 9.17) is 14.6 Å². The molecule has 1 atom stereocenters. The first kappa shape index (κ1) is 33.9. The molecule has 2 amide bonds. The monoisotopic (exact) mass is 717 g/mol. The second kappa shape index (κ2) is 14.1. The molecule has 3 aliphatic rings. The molecule has 54 heavy (non-hydrogen) atoms. The van der Waals surface area contributed by atoms with Gasteiger partial charge in [0.05, 0.1) is 24.1 Å². The van der Waals surface area contributed by atoms with Crippen molar-refractivity contribution in [1.82, 2.24) is 14.7 Å². The van der Waals surface area contributed by atoms with Crippen molar-refractivity contribution in [2.24, 2.45) is 5.41 Å². The summed E-state index contributed by atoms with van der Waals surface area (Å²) in [6.45, 7) is 4.33. The van der Waals surface area contributed by atoms with Crippen molar-refractivity contribution < 1.29 is 19.1 Å². The summed E-state index contributed by atoms with van der Waals surface area (Å²) in [6.07, 6.45) is 0.932. The number of aromatic nitrogens is 2. The third-order valence-electron chi connectivity index (χ3n) is 11.5. The van der Waals surface area contributed by atoms with Crippen molar-refractivity contribution in [2.45, 2.75) is 25.0 Å². The van der Waals surface area contributed by atoms with Gasteiger partial charge in [0.25, 0.3) is 0 Å². The highest BCUT2D eigenvalue weighted by Gasteiger charge is 2.52. The molecule has 1 aromatic heterocycles. The van der Waals surface area contributed by atoms with Crippen LogP contribution in [0, 0.1) is 5.41 Å². The zero-order valence-electron chi connectivity index (χ0n) is 30.2. The van der Waals surface area contributed by atoms with Crippen LogP contribution in [0.4, 0.5) is 16.3 Å². The number of amides is 2. The Morgan fingerprint density at radius 1 is 0.722 bits per heavy atom. The molecule has 6 aromatic rings. The van der Waals surface area contributed by atoms with Crippen LogP contribution in [-0.2, 0) is 26.4 Å². The van der Waals surface area contributed by atoms with Gasteiger partial charge in [-0.25, -0.2) is 9.48 Å². The fourth-order valence-corrected chi connectivity index (χ4v) is 8.71. The molecule has 4 heterocycles. The second-order valence-corrected chi connectivity index (χ2v) is 14.5. The van der Waals surface area contributed by atoms with Crippen LogP contribution < -0.4 is 9.80 Å². The van der Waals surface area contributed by atoms with Crippen LogP contribution in [-0.4, -0.2) is 72.6 Å². The zero-order valence-corrected chi connectivity index (χ0v) is 30.2. The number of likely N-dealkylation sites (tertiary alicyclic amines) is 1. The van der Waals surface area contributed by atoms with Crippen LogP contribution in [0.3, 0.4) is 0 Å². The first-order chi connectivity index (χ1) is 26.6. The number of hydrogen-bond donors (Lipinski definition) is 0. The van der Waals surface area contributed by atoms with Gasteiger partial charge < -0.3 is 24.2 Å². The minimum absolute atomic E-state index is 0.0627. The summed E-state index contributed by atoms with van der Waals surface area (Å²) in [5.41, 5.74) is 4.59. The maximum atomic E-state index is 14.4. The molecule has 3 saturated heterocycles. The van der Waals surface area contributed by atoms with Crippen molar-refractivity contribution in [3.63, 3.8) is 0 Å². The minimum Gasteiger partial charge on any atom is -0.445 e. The molecule has 3 fully saturated rings. The first-order valence-electron chi connectivity index (χ1n) is 18.9. The van der Waals surface area contributed by atoms with Crippen molar-refractivity contribution >= 4 is 34.4 Å². The van der Waals surface area contributed by atoms with Crippen LogP contribution >= 0.6 is 0 Å². The van der Waals surface area contributed by atoms with Gasteiger partial charge in [0.2, 0.25) is 5.91 Å². The number of carbonyl (C=O) groups is 2. The second-order valence-electron chi connectivity index (χ2n) is 14.5. The highest BCUT2D eigenvalue weighted by Crippen LogP contribution is 2.46. The first-order valence-corrected chi connectivity index (χ1v) is 18.9. The van der Waals surface area contributed by atoms with E-state index >= 15 is 0 Å². The van der Waals surface area contributed by atoms with Gasteiger partial charge in [-0.2, -0.15) is 5.10 Å². The molecule has 0 unspecified atom stereocenters. The lowest BCUT2D eigenvalue weighted by atomic mass is 9.77. The number of anilines is 2. The van der Waals surface area contributed by atoms with Gasteiger partial charge >= 0.3 is 6.09 Å². The van der Waals surface area contributed by atoms with Gasteiger partial charge in [-0.1, -0.05) is 121 Å². The lowest BCUT2D eigenvalue weighted by molar-refractivity contribution is -0.124. The molecular weight excluding hydrogens is 675 g/mol. The van der Waals surface area contributed by atoms with Gasteiger partial charge in [0, 0.05) is 43.8 Å². The normalized spacial score (nSPS) is 18.9. The molecular formula is C45H43N5O4. The minimum atomic E-state index is -0.802. The number of hydrogen-bond acceptors (Lipinski definition) is 6. The fraction of sp³-hybridized carbons (Fsp3) is 0.267. The van der Waals surface area contributed by atoms with E-state index in [9.17, 15) is 9.59 Å². The highest BCUT2D eigenvalue weighted by molar-refractivity contribution is 6.03. The Morgan fingerprint density at radius 2 is 1.30 bits per heavy atom. The Balaban J connectivity index is 1.11. The SMILES string of the molecule is O=C(OCc1ccccc1)N1CC[C@]2(CCN(c3ccc4c(c3)c(N3CCOCC3)nn4C(c3ccccc3)(c3ccccc3)c3ccccc3)C2=O)C1. The van der Waals surface area contributed by atoms with Gasteiger partial charge in [-0.3, -0.25) is 4.79 Å². The summed E-state index contributed by atoms with van der Waals surface area (Å²) >= 11 is 0. The van der Waals surface area contributed by atoms with E-state index in [-0.39, 0.29) is 18.6 Å². The number of nitrogens with zero attached hydrogens (tertiary/aromatic N) is 5. The van der Waals surface area contributed by atoms with Crippen LogP contribution in [0.25, 0.3) is 10.9 Å². The zero-order chi connectivity index (χ0) is 36.5. The van der Waals surface area contributed by atoms with Crippen LogP contribution in [0.2, 0.25) is 0 Å². The summed E-state index contributed by atoms with van der Waals surface area (Å²) < 4.78 is 13.6. The smallest absolute Gasteiger partial charge is 0.410 e. The molecule has 0 saturated carbocycles. The number of ether oxygens (including phenoxy) is 2. The van der Waals surface area contributed by atoms with E-state index < -0.39 is 11.0 Å². The van der Waals surface area contributed by atoms with E-state index in [1.807, 2.05) is 53.4 Å². The van der Waals surface area contributed by atoms with Crippen molar-refractivity contribution in [3.8, 4) is 0 Å². The molecule has 272 valence electrons. The molecule has 0 radical (unpaired) electrons. The van der Waals surface area contributed by atoms with E-state index in [1.165, 1.54) is 0 Å². The Labute approximate surface area is 315 Å². The predicted molar refractivity (Wildman–Crippen MR) is 210 cm³/mol. The molecule has 9 rings (SSSR count). The number of fused-ring (bicyclic) bond motifs is 1. The summed E-state index contributed by atoms with van der Waals surface area (Å²) in [5, 5.41) is 6.55. The third kappa shape index (κ3) is 5.80. The Bertz CT molecular complexity index is 2160. The van der Waals surface area contributed by atoms with Gasteiger partial charge in [0.15, 0.2) is 5.82 Å². The fourth-order valence-electron chi connectivity index (χ4n) is 8.71. The maximum absolute atomic E-state index is 14.4. The lowest BCUT2D eigenvalue weighted by Crippen LogP contribution is -2.40. The van der Waals surface area contributed by atoms with Crippen LogP contribution in [0.1, 0.15) is 35.1 Å². The van der Waals surface area contributed by atoms with Crippen molar-refractivity contribution in [1.29, 1.82) is 0 Å².